The lowest BCUT2D eigenvalue weighted by atomic mass is 9.82. The van der Waals surface area contributed by atoms with E-state index in [9.17, 15) is 14.7 Å². The van der Waals surface area contributed by atoms with Gasteiger partial charge in [-0.15, -0.1) is 0 Å². The molecule has 0 radical (unpaired) electrons. The number of aliphatic hydroxyl groups is 1. The van der Waals surface area contributed by atoms with Crippen molar-refractivity contribution in [1.82, 2.24) is 4.90 Å². The molecule has 0 saturated carbocycles. The zero-order chi connectivity index (χ0) is 14.9. The summed E-state index contributed by atoms with van der Waals surface area (Å²) >= 11 is 0. The van der Waals surface area contributed by atoms with Crippen molar-refractivity contribution in [2.45, 2.75) is 26.4 Å². The highest BCUT2D eigenvalue weighted by Crippen LogP contribution is 2.30. The second kappa shape index (κ2) is 5.25. The number of amides is 2. The van der Waals surface area contributed by atoms with Crippen molar-refractivity contribution in [3.63, 3.8) is 0 Å². The number of anilines is 1. The summed E-state index contributed by atoms with van der Waals surface area (Å²) in [5.74, 6) is -0.174. The predicted octanol–water partition coefficient (Wildman–Crippen LogP) is 1.49. The first-order chi connectivity index (χ1) is 9.32. The Morgan fingerprint density at radius 2 is 2.00 bits per heavy atom. The summed E-state index contributed by atoms with van der Waals surface area (Å²) in [5, 5.41) is 12.8. The van der Waals surface area contributed by atoms with E-state index >= 15 is 0 Å². The second-order valence-corrected chi connectivity index (χ2v) is 5.68. The Labute approximate surface area is 118 Å². The molecule has 1 aliphatic heterocycles. The Balaban J connectivity index is 2.06. The summed E-state index contributed by atoms with van der Waals surface area (Å²) in [6, 6.07) is 6.82. The third-order valence-electron chi connectivity index (χ3n) is 3.72. The first-order valence-corrected chi connectivity index (χ1v) is 6.71. The van der Waals surface area contributed by atoms with E-state index in [1.807, 2.05) is 13.8 Å². The highest BCUT2D eigenvalue weighted by molar-refractivity contribution is 5.97. The minimum absolute atomic E-state index is 0.122. The van der Waals surface area contributed by atoms with Gasteiger partial charge in [-0.1, -0.05) is 19.9 Å². The fraction of sp³-hybridized carbons (Fsp3) is 0.467. The Morgan fingerprint density at radius 3 is 2.55 bits per heavy atom. The van der Waals surface area contributed by atoms with Crippen LogP contribution >= 0.6 is 0 Å². The number of rotatable bonds is 3. The molecule has 2 rings (SSSR count). The summed E-state index contributed by atoms with van der Waals surface area (Å²) in [6.45, 7) is 6.02. The number of hydrogen-bond donors (Lipinski definition) is 2. The van der Waals surface area contributed by atoms with Crippen LogP contribution in [-0.2, 0) is 4.79 Å². The highest BCUT2D eigenvalue weighted by atomic mass is 16.3. The summed E-state index contributed by atoms with van der Waals surface area (Å²) < 4.78 is 0. The van der Waals surface area contributed by atoms with E-state index in [0.717, 1.165) is 0 Å². The molecule has 0 atom stereocenters. The summed E-state index contributed by atoms with van der Waals surface area (Å²) in [6.07, 6.45) is 0. The number of nitrogens with zero attached hydrogens (tertiary/aromatic N) is 1. The molecule has 5 heteroatoms. The van der Waals surface area contributed by atoms with Gasteiger partial charge in [0.1, 0.15) is 5.60 Å². The average molecular weight is 276 g/mol. The largest absolute Gasteiger partial charge is 0.386 e. The molecule has 1 heterocycles. The number of benzene rings is 1. The Morgan fingerprint density at radius 1 is 1.35 bits per heavy atom. The first-order valence-electron chi connectivity index (χ1n) is 6.71. The molecule has 108 valence electrons. The van der Waals surface area contributed by atoms with Gasteiger partial charge in [-0.2, -0.15) is 0 Å². The van der Waals surface area contributed by atoms with Gasteiger partial charge < -0.3 is 15.3 Å². The first kappa shape index (κ1) is 14.5. The molecule has 0 bridgehead atoms. The summed E-state index contributed by atoms with van der Waals surface area (Å²) in [7, 11) is 0. The molecular formula is C15H20N2O3. The van der Waals surface area contributed by atoms with E-state index in [0.29, 0.717) is 24.3 Å². The van der Waals surface area contributed by atoms with Gasteiger partial charge in [0.2, 0.25) is 5.91 Å². The normalized spacial score (nSPS) is 16.8. The third-order valence-corrected chi connectivity index (χ3v) is 3.72. The lowest BCUT2D eigenvalue weighted by Crippen LogP contribution is -2.65. The zero-order valence-electron chi connectivity index (χ0n) is 12.0. The molecule has 2 amide bonds. The van der Waals surface area contributed by atoms with Crippen molar-refractivity contribution in [3.8, 4) is 0 Å². The number of carbonyl (C=O) groups is 2. The van der Waals surface area contributed by atoms with Crippen LogP contribution in [-0.4, -0.2) is 40.5 Å². The number of hydrogen-bond acceptors (Lipinski definition) is 3. The van der Waals surface area contributed by atoms with Gasteiger partial charge in [0.05, 0.1) is 13.1 Å². The van der Waals surface area contributed by atoms with Crippen LogP contribution in [0, 0.1) is 5.92 Å². The fourth-order valence-electron chi connectivity index (χ4n) is 2.24. The van der Waals surface area contributed by atoms with Crippen LogP contribution in [0.1, 0.15) is 31.1 Å². The second-order valence-electron chi connectivity index (χ2n) is 5.68. The van der Waals surface area contributed by atoms with Crippen molar-refractivity contribution in [3.05, 3.63) is 29.8 Å². The molecule has 20 heavy (non-hydrogen) atoms. The maximum Gasteiger partial charge on any atom is 0.254 e. The summed E-state index contributed by atoms with van der Waals surface area (Å²) in [5.41, 5.74) is 0.343. The minimum atomic E-state index is -0.773. The third kappa shape index (κ3) is 2.82. The maximum absolute atomic E-state index is 12.3. The molecule has 2 N–H and O–H groups in total. The highest BCUT2D eigenvalue weighted by Gasteiger charge is 2.45. The molecule has 1 fully saturated rings. The van der Waals surface area contributed by atoms with Crippen LogP contribution < -0.4 is 5.32 Å². The van der Waals surface area contributed by atoms with E-state index in [2.05, 4.69) is 5.32 Å². The molecule has 1 saturated heterocycles. The van der Waals surface area contributed by atoms with Gasteiger partial charge in [-0.05, 0) is 24.1 Å². The Hall–Kier alpha value is -1.88. The fourth-order valence-corrected chi connectivity index (χ4v) is 2.24. The number of β-amino-alcohol motifs (C(OH)–C–C–N with tert-alkyl or cyclic N) is 1. The average Bonchev–Trinajstić information content (AvgIpc) is 2.33. The van der Waals surface area contributed by atoms with Crippen LogP contribution in [0.2, 0.25) is 0 Å². The van der Waals surface area contributed by atoms with Gasteiger partial charge in [0.25, 0.3) is 5.91 Å². The monoisotopic (exact) mass is 276 g/mol. The van der Waals surface area contributed by atoms with Gasteiger partial charge >= 0.3 is 0 Å². The van der Waals surface area contributed by atoms with Gasteiger partial charge in [0, 0.05) is 18.2 Å². The van der Waals surface area contributed by atoms with Crippen molar-refractivity contribution < 1.29 is 14.7 Å². The minimum Gasteiger partial charge on any atom is -0.386 e. The van der Waals surface area contributed by atoms with E-state index in [4.69, 9.17) is 0 Å². The molecule has 0 spiro atoms. The quantitative estimate of drug-likeness (QED) is 0.878. The smallest absolute Gasteiger partial charge is 0.254 e. The number of carbonyl (C=O) groups excluding carboxylic acids is 2. The Kier molecular flexibility index (Phi) is 3.81. The molecule has 1 aliphatic rings. The standard InChI is InChI=1S/C15H20N2O3/c1-10(2)15(20)8-17(9-15)14(19)12-5-4-6-13(7-12)16-11(3)18/h4-7,10,20H,8-9H2,1-3H3,(H,16,18). The van der Waals surface area contributed by atoms with Crippen LogP contribution in [0.5, 0.6) is 0 Å². The van der Waals surface area contributed by atoms with Crippen molar-refractivity contribution in [2.75, 3.05) is 18.4 Å². The zero-order valence-corrected chi connectivity index (χ0v) is 12.0. The van der Waals surface area contributed by atoms with E-state index in [1.54, 1.807) is 29.2 Å². The van der Waals surface area contributed by atoms with Gasteiger partial charge in [-0.25, -0.2) is 0 Å². The molecule has 1 aromatic carbocycles. The maximum atomic E-state index is 12.3. The van der Waals surface area contributed by atoms with Gasteiger partial charge in [0.15, 0.2) is 0 Å². The van der Waals surface area contributed by atoms with E-state index < -0.39 is 5.60 Å². The SMILES string of the molecule is CC(=O)Nc1cccc(C(=O)N2CC(O)(C(C)C)C2)c1. The molecule has 0 unspecified atom stereocenters. The molecule has 5 nitrogen and oxygen atoms in total. The topological polar surface area (TPSA) is 69.6 Å². The van der Waals surface area contributed by atoms with Crippen LogP contribution in [0.3, 0.4) is 0 Å². The van der Waals surface area contributed by atoms with Crippen molar-refractivity contribution in [2.24, 2.45) is 5.92 Å². The van der Waals surface area contributed by atoms with Crippen LogP contribution in [0.25, 0.3) is 0 Å². The number of nitrogens with one attached hydrogen (secondary N) is 1. The van der Waals surface area contributed by atoms with Crippen molar-refractivity contribution >= 4 is 17.5 Å². The molecule has 0 aromatic heterocycles. The van der Waals surface area contributed by atoms with Crippen molar-refractivity contribution in [1.29, 1.82) is 0 Å². The van der Waals surface area contributed by atoms with E-state index in [-0.39, 0.29) is 17.7 Å². The number of likely N-dealkylation sites (tertiary alicyclic amines) is 1. The predicted molar refractivity (Wildman–Crippen MR) is 76.4 cm³/mol. The molecule has 0 aliphatic carbocycles. The van der Waals surface area contributed by atoms with E-state index in [1.165, 1.54) is 6.92 Å². The molecule has 1 aromatic rings. The lowest BCUT2D eigenvalue weighted by molar-refractivity contribution is -0.114. The lowest BCUT2D eigenvalue weighted by Gasteiger charge is -2.49. The van der Waals surface area contributed by atoms with Gasteiger partial charge in [-0.3, -0.25) is 9.59 Å². The van der Waals surface area contributed by atoms with Crippen LogP contribution in [0.4, 0.5) is 5.69 Å². The summed E-state index contributed by atoms with van der Waals surface area (Å²) in [4.78, 5) is 24.9. The molecular weight excluding hydrogens is 256 g/mol. The Bertz CT molecular complexity index is 534. The van der Waals surface area contributed by atoms with Crippen LogP contribution in [0.15, 0.2) is 24.3 Å².